The number of rotatable bonds is 6. The molecule has 0 radical (unpaired) electrons. The maximum Gasteiger partial charge on any atom is 0.305 e. The fourth-order valence-corrected chi connectivity index (χ4v) is 2.19. The fourth-order valence-electron chi connectivity index (χ4n) is 2.19. The van der Waals surface area contributed by atoms with Gasteiger partial charge in [-0.1, -0.05) is 0 Å². The van der Waals surface area contributed by atoms with Gasteiger partial charge in [0.2, 0.25) is 0 Å². The number of nitrogens with zero attached hydrogens (tertiary/aromatic N) is 1. The van der Waals surface area contributed by atoms with E-state index in [9.17, 15) is 4.79 Å². The second-order valence-corrected chi connectivity index (χ2v) is 4.62. The van der Waals surface area contributed by atoms with Crippen molar-refractivity contribution in [1.29, 1.82) is 0 Å². The van der Waals surface area contributed by atoms with Crippen molar-refractivity contribution >= 4 is 5.97 Å². The molecule has 1 saturated heterocycles. The Hall–Kier alpha value is -1.33. The van der Waals surface area contributed by atoms with Crippen molar-refractivity contribution in [1.82, 2.24) is 4.90 Å². The molecule has 0 bridgehead atoms. The Labute approximate surface area is 106 Å². The van der Waals surface area contributed by atoms with Crippen LogP contribution in [0.4, 0.5) is 0 Å². The molecule has 18 heavy (non-hydrogen) atoms. The number of hydrogen-bond acceptors (Lipinski definition) is 4. The summed E-state index contributed by atoms with van der Waals surface area (Å²) in [5.41, 5.74) is 1.19. The minimum Gasteiger partial charge on any atom is -0.481 e. The summed E-state index contributed by atoms with van der Waals surface area (Å²) in [7, 11) is 0. The smallest absolute Gasteiger partial charge is 0.305 e. The SMILES string of the molecule is O=C(O)CCOC1CCN(Cc2ccoc2)CC1. The van der Waals surface area contributed by atoms with Crippen LogP contribution in [0.5, 0.6) is 0 Å². The Kier molecular flexibility index (Phi) is 4.78. The summed E-state index contributed by atoms with van der Waals surface area (Å²) < 4.78 is 10.6. The molecule has 1 aliphatic heterocycles. The van der Waals surface area contributed by atoms with Gasteiger partial charge in [0, 0.05) is 25.2 Å². The Bertz CT molecular complexity index is 355. The lowest BCUT2D eigenvalue weighted by molar-refractivity contribution is -0.138. The van der Waals surface area contributed by atoms with E-state index in [1.807, 2.05) is 6.07 Å². The fraction of sp³-hybridized carbons (Fsp3) is 0.615. The Morgan fingerprint density at radius 1 is 1.50 bits per heavy atom. The van der Waals surface area contributed by atoms with Gasteiger partial charge in [0.15, 0.2) is 0 Å². The molecule has 1 N–H and O–H groups in total. The summed E-state index contributed by atoms with van der Waals surface area (Å²) >= 11 is 0. The standard InChI is InChI=1S/C13H19NO4/c15-13(16)4-8-18-12-1-5-14(6-2-12)9-11-3-7-17-10-11/h3,7,10,12H,1-2,4-6,8-9H2,(H,15,16). The van der Waals surface area contributed by atoms with E-state index in [1.54, 1.807) is 12.5 Å². The van der Waals surface area contributed by atoms with Gasteiger partial charge in [-0.2, -0.15) is 0 Å². The number of carboxylic acids is 1. The number of likely N-dealkylation sites (tertiary alicyclic amines) is 1. The molecule has 1 aromatic heterocycles. The van der Waals surface area contributed by atoms with Crippen molar-refractivity contribution in [3.8, 4) is 0 Å². The van der Waals surface area contributed by atoms with Crippen LogP contribution in [0, 0.1) is 0 Å². The van der Waals surface area contributed by atoms with Crippen LogP contribution in [0.15, 0.2) is 23.0 Å². The molecule has 5 heteroatoms. The molecule has 0 unspecified atom stereocenters. The van der Waals surface area contributed by atoms with Gasteiger partial charge in [0.05, 0.1) is 31.7 Å². The first kappa shape index (κ1) is 13.1. The Morgan fingerprint density at radius 2 is 2.28 bits per heavy atom. The van der Waals surface area contributed by atoms with E-state index in [0.29, 0.717) is 6.61 Å². The molecule has 2 rings (SSSR count). The van der Waals surface area contributed by atoms with Gasteiger partial charge >= 0.3 is 5.97 Å². The molecule has 0 amide bonds. The van der Waals surface area contributed by atoms with Crippen LogP contribution < -0.4 is 0 Å². The second kappa shape index (κ2) is 6.56. The molecule has 0 saturated carbocycles. The first-order valence-electron chi connectivity index (χ1n) is 6.31. The first-order valence-corrected chi connectivity index (χ1v) is 6.31. The van der Waals surface area contributed by atoms with Crippen LogP contribution in [0.2, 0.25) is 0 Å². The molecular weight excluding hydrogens is 234 g/mol. The minimum atomic E-state index is -0.799. The lowest BCUT2D eigenvalue weighted by Crippen LogP contribution is -2.36. The predicted octanol–water partition coefficient (Wildman–Crippen LogP) is 1.74. The van der Waals surface area contributed by atoms with E-state index in [0.717, 1.165) is 32.5 Å². The molecule has 1 aliphatic rings. The second-order valence-electron chi connectivity index (χ2n) is 4.62. The third-order valence-corrected chi connectivity index (χ3v) is 3.19. The van der Waals surface area contributed by atoms with Crippen LogP contribution in [0.3, 0.4) is 0 Å². The van der Waals surface area contributed by atoms with Gasteiger partial charge in [-0.3, -0.25) is 9.69 Å². The molecule has 1 aromatic rings. The molecule has 5 nitrogen and oxygen atoms in total. The lowest BCUT2D eigenvalue weighted by atomic mass is 10.1. The zero-order valence-electron chi connectivity index (χ0n) is 10.4. The number of carbonyl (C=O) groups is 1. The molecule has 0 atom stereocenters. The highest BCUT2D eigenvalue weighted by atomic mass is 16.5. The zero-order chi connectivity index (χ0) is 12.8. The monoisotopic (exact) mass is 253 g/mol. The number of furan rings is 1. The van der Waals surface area contributed by atoms with Crippen LogP contribution in [0.1, 0.15) is 24.8 Å². The molecule has 1 fully saturated rings. The van der Waals surface area contributed by atoms with Gasteiger partial charge in [-0.05, 0) is 18.9 Å². The van der Waals surface area contributed by atoms with Crippen LogP contribution in [0.25, 0.3) is 0 Å². The summed E-state index contributed by atoms with van der Waals surface area (Å²) in [5, 5.41) is 8.53. The van der Waals surface area contributed by atoms with Gasteiger partial charge < -0.3 is 14.3 Å². The number of ether oxygens (including phenoxy) is 1. The van der Waals surface area contributed by atoms with E-state index in [2.05, 4.69) is 4.90 Å². The molecule has 0 aromatic carbocycles. The summed E-state index contributed by atoms with van der Waals surface area (Å²) in [6.45, 7) is 3.21. The normalized spacial score (nSPS) is 18.0. The molecule has 0 aliphatic carbocycles. The van der Waals surface area contributed by atoms with E-state index < -0.39 is 5.97 Å². The molecule has 0 spiro atoms. The summed E-state index contributed by atoms with van der Waals surface area (Å²) in [6, 6.07) is 1.98. The lowest BCUT2D eigenvalue weighted by Gasteiger charge is -2.31. The van der Waals surface area contributed by atoms with Crippen molar-refractivity contribution in [3.63, 3.8) is 0 Å². The average Bonchev–Trinajstić information content (AvgIpc) is 2.84. The van der Waals surface area contributed by atoms with Gasteiger partial charge in [-0.25, -0.2) is 0 Å². The van der Waals surface area contributed by atoms with Crippen molar-refractivity contribution in [3.05, 3.63) is 24.2 Å². The molecular formula is C13H19NO4. The minimum absolute atomic E-state index is 0.0925. The largest absolute Gasteiger partial charge is 0.481 e. The van der Waals surface area contributed by atoms with E-state index in [4.69, 9.17) is 14.3 Å². The highest BCUT2D eigenvalue weighted by Crippen LogP contribution is 2.16. The first-order chi connectivity index (χ1) is 8.74. The zero-order valence-corrected chi connectivity index (χ0v) is 10.4. The average molecular weight is 253 g/mol. The highest BCUT2D eigenvalue weighted by molar-refractivity contribution is 5.66. The third-order valence-electron chi connectivity index (χ3n) is 3.19. The van der Waals surface area contributed by atoms with Crippen LogP contribution in [-0.2, 0) is 16.1 Å². The number of carboxylic acid groups (broad SMARTS) is 1. The molecule has 2 heterocycles. The summed E-state index contributed by atoms with van der Waals surface area (Å²) in [6.07, 6.45) is 5.71. The number of hydrogen-bond donors (Lipinski definition) is 1. The molecule has 100 valence electrons. The van der Waals surface area contributed by atoms with Crippen molar-refractivity contribution in [2.24, 2.45) is 0 Å². The van der Waals surface area contributed by atoms with Crippen LogP contribution in [-0.4, -0.2) is 41.8 Å². The van der Waals surface area contributed by atoms with Gasteiger partial charge in [-0.15, -0.1) is 0 Å². The topological polar surface area (TPSA) is 62.9 Å². The van der Waals surface area contributed by atoms with Crippen molar-refractivity contribution < 1.29 is 19.1 Å². The predicted molar refractivity (Wildman–Crippen MR) is 65.2 cm³/mol. The summed E-state index contributed by atoms with van der Waals surface area (Å²) in [4.78, 5) is 12.7. The van der Waals surface area contributed by atoms with E-state index >= 15 is 0 Å². The van der Waals surface area contributed by atoms with Crippen molar-refractivity contribution in [2.45, 2.75) is 31.9 Å². The number of piperidine rings is 1. The number of aliphatic carboxylic acids is 1. The van der Waals surface area contributed by atoms with Gasteiger partial charge in [0.25, 0.3) is 0 Å². The maximum atomic E-state index is 10.4. The third kappa shape index (κ3) is 4.16. The van der Waals surface area contributed by atoms with E-state index in [1.165, 1.54) is 5.56 Å². The van der Waals surface area contributed by atoms with E-state index in [-0.39, 0.29) is 12.5 Å². The van der Waals surface area contributed by atoms with Crippen molar-refractivity contribution in [2.75, 3.05) is 19.7 Å². The van der Waals surface area contributed by atoms with Crippen LogP contribution >= 0.6 is 0 Å². The Balaban J connectivity index is 1.63. The Morgan fingerprint density at radius 3 is 2.89 bits per heavy atom. The summed E-state index contributed by atoms with van der Waals surface area (Å²) in [5.74, 6) is -0.799. The van der Waals surface area contributed by atoms with Gasteiger partial charge in [0.1, 0.15) is 0 Å². The highest BCUT2D eigenvalue weighted by Gasteiger charge is 2.19. The quantitative estimate of drug-likeness (QED) is 0.836. The maximum absolute atomic E-state index is 10.4.